The van der Waals surface area contributed by atoms with Crippen molar-refractivity contribution in [3.8, 4) is 10.4 Å². The summed E-state index contributed by atoms with van der Waals surface area (Å²) < 4.78 is 0. The van der Waals surface area contributed by atoms with Gasteiger partial charge in [-0.2, -0.15) is 0 Å². The van der Waals surface area contributed by atoms with Crippen LogP contribution >= 0.6 is 22.7 Å². The Labute approximate surface area is 178 Å². The van der Waals surface area contributed by atoms with E-state index in [0.717, 1.165) is 35.4 Å². The fourth-order valence-electron chi connectivity index (χ4n) is 3.46. The molecule has 0 aromatic carbocycles. The van der Waals surface area contributed by atoms with E-state index in [2.05, 4.69) is 30.2 Å². The number of carboxylic acids is 1. The third kappa shape index (κ3) is 4.41. The summed E-state index contributed by atoms with van der Waals surface area (Å²) in [6.45, 7) is 4.37. The van der Waals surface area contributed by atoms with Crippen LogP contribution in [0.15, 0.2) is 35.9 Å². The Morgan fingerprint density at radius 3 is 2.90 bits per heavy atom. The molecule has 0 aliphatic heterocycles. The fraction of sp³-hybridized carbons (Fsp3) is 0.318. The van der Waals surface area contributed by atoms with Crippen molar-refractivity contribution in [2.24, 2.45) is 5.92 Å². The average Bonchev–Trinajstić information content (AvgIpc) is 3.43. The molecule has 7 heteroatoms. The zero-order valence-electron chi connectivity index (χ0n) is 16.4. The summed E-state index contributed by atoms with van der Waals surface area (Å²) in [6.07, 6.45) is 8.31. The van der Waals surface area contributed by atoms with Crippen molar-refractivity contribution in [2.45, 2.75) is 39.5 Å². The molecule has 0 amide bonds. The van der Waals surface area contributed by atoms with Crippen molar-refractivity contribution in [1.29, 1.82) is 0 Å². The number of allylic oxidation sites excluding steroid dienone is 2. The van der Waals surface area contributed by atoms with E-state index in [1.165, 1.54) is 16.9 Å². The van der Waals surface area contributed by atoms with Crippen LogP contribution in [0.3, 0.4) is 0 Å². The normalized spacial score (nSPS) is 13.7. The van der Waals surface area contributed by atoms with Crippen LogP contribution < -0.4 is 5.32 Å². The van der Waals surface area contributed by atoms with E-state index in [1.54, 1.807) is 34.9 Å². The lowest BCUT2D eigenvalue weighted by Gasteiger charge is -2.07. The number of aromatic carboxylic acids is 1. The van der Waals surface area contributed by atoms with E-state index < -0.39 is 5.97 Å². The molecule has 3 heterocycles. The summed E-state index contributed by atoms with van der Waals surface area (Å²) in [6, 6.07) is 5.57. The maximum Gasteiger partial charge on any atom is 0.339 e. The third-order valence-corrected chi connectivity index (χ3v) is 6.79. The number of hydrogen-bond acceptors (Lipinski definition) is 6. The number of nitrogens with zero attached hydrogens (tertiary/aromatic N) is 2. The first kappa shape index (κ1) is 19.8. The van der Waals surface area contributed by atoms with Crippen molar-refractivity contribution in [3.05, 3.63) is 52.0 Å². The Bertz CT molecular complexity index is 1050. The van der Waals surface area contributed by atoms with Crippen LogP contribution in [-0.2, 0) is 6.42 Å². The molecule has 5 nitrogen and oxygen atoms in total. The number of thiazole rings is 1. The molecule has 0 spiro atoms. The van der Waals surface area contributed by atoms with E-state index in [-0.39, 0.29) is 5.56 Å². The van der Waals surface area contributed by atoms with Crippen molar-refractivity contribution < 1.29 is 9.90 Å². The van der Waals surface area contributed by atoms with Crippen LogP contribution in [0.1, 0.15) is 54.0 Å². The zero-order valence-corrected chi connectivity index (χ0v) is 18.1. The number of aromatic nitrogens is 2. The molecule has 3 aromatic heterocycles. The summed E-state index contributed by atoms with van der Waals surface area (Å²) in [5.41, 5.74) is 3.41. The van der Waals surface area contributed by atoms with E-state index in [4.69, 9.17) is 4.98 Å². The Morgan fingerprint density at radius 2 is 2.24 bits per heavy atom. The van der Waals surface area contributed by atoms with Gasteiger partial charge in [0.1, 0.15) is 11.4 Å². The van der Waals surface area contributed by atoms with Gasteiger partial charge in [-0.1, -0.05) is 37.3 Å². The molecular formula is C22H23N3O2S2. The quantitative estimate of drug-likeness (QED) is 0.453. The van der Waals surface area contributed by atoms with Gasteiger partial charge in [0, 0.05) is 16.6 Å². The van der Waals surface area contributed by atoms with Gasteiger partial charge in [-0.05, 0) is 54.7 Å². The second-order valence-electron chi connectivity index (χ2n) is 7.54. The highest BCUT2D eigenvalue weighted by Crippen LogP contribution is 2.38. The minimum atomic E-state index is -1.00. The van der Waals surface area contributed by atoms with Crippen LogP contribution in [0.2, 0.25) is 0 Å². The number of rotatable bonds is 7. The van der Waals surface area contributed by atoms with Crippen LogP contribution in [-0.4, -0.2) is 21.0 Å². The smallest absolute Gasteiger partial charge is 0.339 e. The molecule has 29 heavy (non-hydrogen) atoms. The maximum atomic E-state index is 11.9. The second kappa shape index (κ2) is 8.47. The Morgan fingerprint density at radius 1 is 1.38 bits per heavy atom. The standard InChI is InChI=1S/C22H23N3O2S2/c1-13(2)10-17-19(14-6-3-4-7-14)29-22(24-17)25-20-16(21(26)27)11-15(12-23-20)18-8-5-9-28-18/h5-6,8-9,11-13H,3-4,7,10H2,1-2H3,(H,26,27)(H,23,24,25). The molecule has 1 aliphatic carbocycles. The Balaban J connectivity index is 1.67. The SMILES string of the molecule is CC(C)Cc1nc(Nc2ncc(-c3cccs3)cc2C(=O)O)sc1C1=CCCC1. The average molecular weight is 426 g/mol. The zero-order chi connectivity index (χ0) is 20.4. The van der Waals surface area contributed by atoms with Crippen molar-refractivity contribution in [2.75, 3.05) is 5.32 Å². The van der Waals surface area contributed by atoms with Crippen LogP contribution in [0.4, 0.5) is 10.9 Å². The fourth-order valence-corrected chi connectivity index (χ4v) is 5.23. The van der Waals surface area contributed by atoms with Gasteiger partial charge in [0.05, 0.1) is 10.6 Å². The molecule has 0 unspecified atom stereocenters. The van der Waals surface area contributed by atoms with Gasteiger partial charge in [0.25, 0.3) is 0 Å². The molecule has 0 saturated heterocycles. The summed E-state index contributed by atoms with van der Waals surface area (Å²) >= 11 is 3.16. The van der Waals surface area contributed by atoms with Gasteiger partial charge < -0.3 is 10.4 Å². The van der Waals surface area contributed by atoms with Crippen molar-refractivity contribution in [3.63, 3.8) is 0 Å². The molecule has 2 N–H and O–H groups in total. The first-order valence-electron chi connectivity index (χ1n) is 9.74. The number of hydrogen-bond donors (Lipinski definition) is 2. The van der Waals surface area contributed by atoms with Crippen LogP contribution in [0.25, 0.3) is 16.0 Å². The van der Waals surface area contributed by atoms with Crippen LogP contribution in [0, 0.1) is 5.92 Å². The first-order chi connectivity index (χ1) is 14.0. The third-order valence-electron chi connectivity index (χ3n) is 4.78. The summed E-state index contributed by atoms with van der Waals surface area (Å²) in [7, 11) is 0. The number of thiophene rings is 1. The number of pyridine rings is 1. The van der Waals surface area contributed by atoms with Crippen LogP contribution in [0.5, 0.6) is 0 Å². The predicted octanol–water partition coefficient (Wildman–Crippen LogP) is 6.47. The topological polar surface area (TPSA) is 75.1 Å². The molecular weight excluding hydrogens is 402 g/mol. The van der Waals surface area contributed by atoms with Crippen molar-refractivity contribution >= 4 is 45.2 Å². The first-order valence-corrected chi connectivity index (χ1v) is 11.4. The Kier molecular flexibility index (Phi) is 5.78. The van der Waals surface area contributed by atoms with Gasteiger partial charge in [-0.3, -0.25) is 0 Å². The monoisotopic (exact) mass is 425 g/mol. The van der Waals surface area contributed by atoms with E-state index in [0.29, 0.717) is 16.9 Å². The van der Waals surface area contributed by atoms with Gasteiger partial charge in [-0.15, -0.1) is 11.3 Å². The number of anilines is 2. The largest absolute Gasteiger partial charge is 0.478 e. The lowest BCUT2D eigenvalue weighted by atomic mass is 10.0. The maximum absolute atomic E-state index is 11.9. The summed E-state index contributed by atoms with van der Waals surface area (Å²) in [4.78, 5) is 23.3. The lowest BCUT2D eigenvalue weighted by molar-refractivity contribution is 0.0697. The number of carbonyl (C=O) groups is 1. The van der Waals surface area contributed by atoms with E-state index >= 15 is 0 Å². The molecule has 0 saturated carbocycles. The predicted molar refractivity (Wildman–Crippen MR) is 120 cm³/mol. The molecule has 3 aromatic rings. The van der Waals surface area contributed by atoms with E-state index in [9.17, 15) is 9.90 Å². The molecule has 4 rings (SSSR count). The Hall–Kier alpha value is -2.51. The van der Waals surface area contributed by atoms with E-state index in [1.807, 2.05) is 17.5 Å². The summed E-state index contributed by atoms with van der Waals surface area (Å²) in [5, 5.41) is 15.6. The molecule has 0 radical (unpaired) electrons. The van der Waals surface area contributed by atoms with Gasteiger partial charge >= 0.3 is 5.97 Å². The molecule has 1 aliphatic rings. The van der Waals surface area contributed by atoms with Crippen molar-refractivity contribution in [1.82, 2.24) is 9.97 Å². The molecule has 0 bridgehead atoms. The number of carboxylic acid groups (broad SMARTS) is 1. The number of nitrogens with one attached hydrogen (secondary N) is 1. The summed E-state index contributed by atoms with van der Waals surface area (Å²) in [5.74, 6) is -0.172. The van der Waals surface area contributed by atoms with Gasteiger partial charge in [-0.25, -0.2) is 14.8 Å². The highest BCUT2D eigenvalue weighted by molar-refractivity contribution is 7.16. The van der Waals surface area contributed by atoms with Gasteiger partial charge in [0.15, 0.2) is 5.13 Å². The molecule has 0 atom stereocenters. The highest BCUT2D eigenvalue weighted by atomic mass is 32.1. The second-order valence-corrected chi connectivity index (χ2v) is 9.49. The lowest BCUT2D eigenvalue weighted by Crippen LogP contribution is -2.05. The molecule has 150 valence electrons. The minimum Gasteiger partial charge on any atom is -0.478 e. The minimum absolute atomic E-state index is 0.151. The molecule has 0 fully saturated rings. The highest BCUT2D eigenvalue weighted by Gasteiger charge is 2.20. The van der Waals surface area contributed by atoms with Gasteiger partial charge in [0.2, 0.25) is 0 Å².